The predicted octanol–water partition coefficient (Wildman–Crippen LogP) is 4.52. The maximum absolute atomic E-state index is 13.5. The highest BCUT2D eigenvalue weighted by Crippen LogP contribution is 2.29. The summed E-state index contributed by atoms with van der Waals surface area (Å²) in [5.74, 6) is 1.23. The third kappa shape index (κ3) is 6.89. The second-order valence-corrected chi connectivity index (χ2v) is 9.69. The molecule has 1 heterocycles. The quantitative estimate of drug-likeness (QED) is 0.588. The molecular formula is C20H30BrFN2O2S. The Hall–Kier alpha value is -0.340. The zero-order valence-corrected chi connectivity index (χ0v) is 18.1. The lowest BCUT2D eigenvalue weighted by molar-refractivity contribution is 0.164. The minimum Gasteiger partial charge on any atom is -0.303 e. The van der Waals surface area contributed by atoms with Crippen molar-refractivity contribution >= 4 is 27.2 Å². The number of halogens is 2. The van der Waals surface area contributed by atoms with Crippen molar-refractivity contribution < 1.29 is 13.2 Å². The van der Waals surface area contributed by atoms with Crippen molar-refractivity contribution in [2.75, 3.05) is 19.6 Å². The van der Waals surface area contributed by atoms with Crippen LogP contribution in [-0.2, 0) is 17.7 Å². The number of nitrogens with zero attached hydrogens (tertiary/aromatic N) is 1. The minimum absolute atomic E-state index is 0.152. The Balaban J connectivity index is 1.34. The Bertz CT molecular complexity index is 632. The van der Waals surface area contributed by atoms with E-state index in [2.05, 4.69) is 25.6 Å². The number of rotatable bonds is 7. The predicted molar refractivity (Wildman–Crippen MR) is 111 cm³/mol. The molecule has 152 valence electrons. The van der Waals surface area contributed by atoms with E-state index in [9.17, 15) is 8.60 Å². The monoisotopic (exact) mass is 460 g/mol. The van der Waals surface area contributed by atoms with E-state index >= 15 is 0 Å². The first kappa shape index (κ1) is 21.4. The molecule has 1 saturated carbocycles. The van der Waals surface area contributed by atoms with E-state index in [0.29, 0.717) is 5.92 Å². The maximum Gasteiger partial charge on any atom is 0.231 e. The van der Waals surface area contributed by atoms with Crippen molar-refractivity contribution in [3.63, 3.8) is 0 Å². The van der Waals surface area contributed by atoms with Crippen LogP contribution >= 0.6 is 15.9 Å². The van der Waals surface area contributed by atoms with Crippen LogP contribution in [0.15, 0.2) is 22.7 Å². The molecule has 0 radical (unpaired) electrons. The van der Waals surface area contributed by atoms with Gasteiger partial charge in [-0.25, -0.2) is 13.3 Å². The molecule has 0 aromatic heterocycles. The molecule has 4 nitrogen and oxygen atoms in total. The fourth-order valence-electron chi connectivity index (χ4n) is 4.50. The summed E-state index contributed by atoms with van der Waals surface area (Å²) >= 11 is 1.66. The lowest BCUT2D eigenvalue weighted by Crippen LogP contribution is -2.37. The van der Waals surface area contributed by atoms with Gasteiger partial charge in [0.1, 0.15) is 5.82 Å². The lowest BCUT2D eigenvalue weighted by Gasteiger charge is -2.34. The molecule has 2 N–H and O–H groups in total. The first-order valence-electron chi connectivity index (χ1n) is 10.0. The summed E-state index contributed by atoms with van der Waals surface area (Å²) in [6.07, 6.45) is 8.86. The van der Waals surface area contributed by atoms with Crippen molar-refractivity contribution in [3.8, 4) is 0 Å². The molecule has 2 aliphatic rings. The van der Waals surface area contributed by atoms with Gasteiger partial charge in [0.25, 0.3) is 0 Å². The minimum atomic E-state index is -1.89. The summed E-state index contributed by atoms with van der Waals surface area (Å²) < 4.78 is 37.0. The molecule has 1 saturated heterocycles. The SMILES string of the molecule is O=S(O)NC1CCC(CCN2CCC(Cc3cc(F)ccc3Br)CC2)CC1. The normalized spacial score (nSPS) is 26.2. The summed E-state index contributed by atoms with van der Waals surface area (Å²) in [5.41, 5.74) is 1.09. The molecule has 2 fully saturated rings. The number of piperidine rings is 1. The fraction of sp³-hybridized carbons (Fsp3) is 0.700. The molecule has 1 aromatic carbocycles. The summed E-state index contributed by atoms with van der Waals surface area (Å²) in [6.45, 7) is 3.43. The molecular weight excluding hydrogens is 431 g/mol. The van der Waals surface area contributed by atoms with Gasteiger partial charge >= 0.3 is 0 Å². The van der Waals surface area contributed by atoms with E-state index in [0.717, 1.165) is 67.7 Å². The largest absolute Gasteiger partial charge is 0.303 e. The van der Waals surface area contributed by atoms with Crippen molar-refractivity contribution in [2.24, 2.45) is 11.8 Å². The Morgan fingerprint density at radius 1 is 1.15 bits per heavy atom. The average Bonchev–Trinajstić information content (AvgIpc) is 2.65. The van der Waals surface area contributed by atoms with E-state index in [1.54, 1.807) is 6.07 Å². The van der Waals surface area contributed by atoms with Crippen molar-refractivity contribution in [2.45, 2.75) is 57.4 Å². The zero-order valence-electron chi connectivity index (χ0n) is 15.7. The summed E-state index contributed by atoms with van der Waals surface area (Å²) in [4.78, 5) is 2.57. The van der Waals surface area contributed by atoms with E-state index in [1.807, 2.05) is 6.07 Å². The molecule has 1 aliphatic heterocycles. The molecule has 7 heteroatoms. The van der Waals surface area contributed by atoms with Crippen LogP contribution < -0.4 is 4.72 Å². The molecule has 0 spiro atoms. The lowest BCUT2D eigenvalue weighted by atomic mass is 9.84. The Labute approximate surface area is 172 Å². The van der Waals surface area contributed by atoms with Crippen molar-refractivity contribution in [1.29, 1.82) is 0 Å². The third-order valence-electron chi connectivity index (χ3n) is 6.19. The van der Waals surface area contributed by atoms with Gasteiger partial charge in [-0.1, -0.05) is 15.9 Å². The number of hydrogen-bond donors (Lipinski definition) is 2. The van der Waals surface area contributed by atoms with Gasteiger partial charge in [0.05, 0.1) is 0 Å². The smallest absolute Gasteiger partial charge is 0.231 e. The first-order valence-corrected chi connectivity index (χ1v) is 11.9. The number of likely N-dealkylation sites (tertiary alicyclic amines) is 1. The van der Waals surface area contributed by atoms with Crippen LogP contribution in [0.1, 0.15) is 50.5 Å². The van der Waals surface area contributed by atoms with Gasteiger partial charge in [-0.15, -0.1) is 0 Å². The van der Waals surface area contributed by atoms with Gasteiger partial charge < -0.3 is 4.90 Å². The van der Waals surface area contributed by atoms with Crippen molar-refractivity contribution in [1.82, 2.24) is 9.62 Å². The highest BCUT2D eigenvalue weighted by molar-refractivity contribution is 9.10. The van der Waals surface area contributed by atoms with E-state index in [-0.39, 0.29) is 11.9 Å². The van der Waals surface area contributed by atoms with Crippen molar-refractivity contribution in [3.05, 3.63) is 34.1 Å². The number of hydrogen-bond acceptors (Lipinski definition) is 2. The molecule has 1 atom stereocenters. The maximum atomic E-state index is 13.5. The van der Waals surface area contributed by atoms with Crippen LogP contribution in [0.5, 0.6) is 0 Å². The first-order chi connectivity index (χ1) is 13.0. The number of benzene rings is 1. The van der Waals surface area contributed by atoms with Crippen LogP contribution in [0.4, 0.5) is 4.39 Å². The average molecular weight is 461 g/mol. The highest BCUT2D eigenvalue weighted by atomic mass is 79.9. The summed E-state index contributed by atoms with van der Waals surface area (Å²) in [5, 5.41) is 0. The van der Waals surface area contributed by atoms with E-state index in [1.165, 1.54) is 25.3 Å². The van der Waals surface area contributed by atoms with E-state index in [4.69, 9.17) is 4.55 Å². The summed E-state index contributed by atoms with van der Waals surface area (Å²) in [6, 6.07) is 5.17. The second-order valence-electron chi connectivity index (χ2n) is 8.10. The van der Waals surface area contributed by atoms with Crippen LogP contribution in [0.2, 0.25) is 0 Å². The molecule has 1 unspecified atom stereocenters. The molecule has 0 bridgehead atoms. The van der Waals surface area contributed by atoms with Gasteiger partial charge in [-0.2, -0.15) is 0 Å². The highest BCUT2D eigenvalue weighted by Gasteiger charge is 2.24. The molecule has 1 aliphatic carbocycles. The standard InChI is InChI=1S/C20H30BrFN2O2S/c21-20-6-3-18(22)14-17(20)13-16-8-11-24(12-9-16)10-7-15-1-4-19(5-2-15)23-27(25)26/h3,6,14-16,19,23H,1-2,4-5,7-13H2,(H,25,26). The van der Waals surface area contributed by atoms with Gasteiger partial charge in [0, 0.05) is 10.5 Å². The van der Waals surface area contributed by atoms with Crippen LogP contribution in [0.3, 0.4) is 0 Å². The van der Waals surface area contributed by atoms with Crippen LogP contribution in [-0.4, -0.2) is 39.3 Å². The summed E-state index contributed by atoms with van der Waals surface area (Å²) in [7, 11) is 0. The van der Waals surface area contributed by atoms with Gasteiger partial charge in [-0.05, 0) is 107 Å². The second kappa shape index (κ2) is 10.4. The Morgan fingerprint density at radius 2 is 1.85 bits per heavy atom. The van der Waals surface area contributed by atoms with Crippen LogP contribution in [0.25, 0.3) is 0 Å². The topological polar surface area (TPSA) is 52.6 Å². The fourth-order valence-corrected chi connectivity index (χ4v) is 5.43. The van der Waals surface area contributed by atoms with Gasteiger partial charge in [-0.3, -0.25) is 4.55 Å². The third-order valence-corrected chi connectivity index (χ3v) is 7.50. The zero-order chi connectivity index (χ0) is 19.2. The molecule has 3 rings (SSSR count). The molecule has 1 aromatic rings. The number of nitrogens with one attached hydrogen (secondary N) is 1. The van der Waals surface area contributed by atoms with Gasteiger partial charge in [0.2, 0.25) is 11.3 Å². The van der Waals surface area contributed by atoms with Gasteiger partial charge in [0.15, 0.2) is 0 Å². The Morgan fingerprint density at radius 3 is 2.52 bits per heavy atom. The molecule has 27 heavy (non-hydrogen) atoms. The molecule has 0 amide bonds. The van der Waals surface area contributed by atoms with E-state index < -0.39 is 11.3 Å². The van der Waals surface area contributed by atoms with Crippen LogP contribution in [0, 0.1) is 17.7 Å². The Kier molecular flexibility index (Phi) is 8.26.